The Balaban J connectivity index is 0.000000202. The van der Waals surface area contributed by atoms with Gasteiger partial charge in [-0.1, -0.05) is 48.5 Å². The Labute approximate surface area is 210 Å². The van der Waals surface area contributed by atoms with E-state index in [-0.39, 0.29) is 24.0 Å². The van der Waals surface area contributed by atoms with Gasteiger partial charge >= 0.3 is 19.1 Å². The largest absolute Gasteiger partial charge is 0.526 e. The van der Waals surface area contributed by atoms with E-state index in [2.05, 4.69) is 13.9 Å². The molecule has 9 heteroatoms. The zero-order chi connectivity index (χ0) is 26.3. The van der Waals surface area contributed by atoms with Gasteiger partial charge < -0.3 is 28.4 Å². The third kappa shape index (κ3) is 9.29. The van der Waals surface area contributed by atoms with Crippen molar-refractivity contribution in [2.75, 3.05) is 14.2 Å². The van der Waals surface area contributed by atoms with Gasteiger partial charge in [0, 0.05) is 5.56 Å². The molecule has 0 bridgehead atoms. The zero-order valence-corrected chi connectivity index (χ0v) is 20.4. The normalized spacial score (nSPS) is 9.69. The summed E-state index contributed by atoms with van der Waals surface area (Å²) in [7, 11) is 1.31. The molecule has 0 unspecified atom stereocenters. The molecule has 2 heterocycles. The van der Waals surface area contributed by atoms with E-state index >= 15 is 0 Å². The van der Waals surface area contributed by atoms with E-state index < -0.39 is 7.12 Å². The number of ether oxygens (including phenoxy) is 2. The molecule has 36 heavy (non-hydrogen) atoms. The summed E-state index contributed by atoms with van der Waals surface area (Å²) in [6.07, 6.45) is 3.62. The number of carbonyl (C=O) groups is 2. The molecule has 0 saturated carbocycles. The molecule has 2 aromatic heterocycles. The molecule has 0 radical (unpaired) electrons. The van der Waals surface area contributed by atoms with Crippen LogP contribution in [0.2, 0.25) is 0 Å². The lowest BCUT2D eigenvalue weighted by Crippen LogP contribution is -2.27. The highest BCUT2D eigenvalue weighted by Crippen LogP contribution is 2.24. The van der Waals surface area contributed by atoms with Gasteiger partial charge in [-0.2, -0.15) is 0 Å². The third-order valence-electron chi connectivity index (χ3n) is 4.99. The Morgan fingerprint density at radius 3 is 1.81 bits per heavy atom. The molecule has 0 spiro atoms. The smallest absolute Gasteiger partial charge is 0.473 e. The molecule has 0 amide bonds. The fourth-order valence-electron chi connectivity index (χ4n) is 3.05. The van der Waals surface area contributed by atoms with Crippen LogP contribution in [-0.4, -0.2) is 43.3 Å². The van der Waals surface area contributed by atoms with Crippen molar-refractivity contribution in [3.8, 4) is 11.3 Å². The fraction of sp³-hybridized carbons (Fsp3) is 0.185. The van der Waals surface area contributed by atoms with Crippen LogP contribution in [0.5, 0.6) is 0 Å². The van der Waals surface area contributed by atoms with Gasteiger partial charge in [-0.3, -0.25) is 9.59 Å². The first-order valence-electron chi connectivity index (χ1n) is 11.0. The number of aryl methyl sites for hydroxylation is 1. The molecule has 0 aliphatic rings. The van der Waals surface area contributed by atoms with Crippen LogP contribution in [0.15, 0.2) is 94.2 Å². The van der Waals surface area contributed by atoms with Crippen molar-refractivity contribution in [1.29, 1.82) is 0 Å². The van der Waals surface area contributed by atoms with Gasteiger partial charge in [-0.15, -0.1) is 0 Å². The molecular formula is C27H29BO8. The monoisotopic (exact) mass is 492 g/mol. The number of hydrogen-bond acceptors (Lipinski definition) is 8. The second-order valence-corrected chi connectivity index (χ2v) is 7.46. The van der Waals surface area contributed by atoms with E-state index in [0.717, 1.165) is 28.0 Å². The van der Waals surface area contributed by atoms with E-state index in [1.165, 1.54) is 26.5 Å². The van der Waals surface area contributed by atoms with Crippen LogP contribution in [0, 0.1) is 6.92 Å². The van der Waals surface area contributed by atoms with Gasteiger partial charge in [-0.05, 0) is 47.9 Å². The first-order valence-corrected chi connectivity index (χ1v) is 11.0. The van der Waals surface area contributed by atoms with Gasteiger partial charge in [-0.25, -0.2) is 0 Å². The van der Waals surface area contributed by atoms with Gasteiger partial charge in [0.15, 0.2) is 0 Å². The van der Waals surface area contributed by atoms with Crippen molar-refractivity contribution in [3.63, 3.8) is 0 Å². The minimum atomic E-state index is -1.48. The fourth-order valence-corrected chi connectivity index (χ4v) is 3.05. The summed E-state index contributed by atoms with van der Waals surface area (Å²) in [6, 6.07) is 22.2. The van der Waals surface area contributed by atoms with Gasteiger partial charge in [0.2, 0.25) is 0 Å². The maximum Gasteiger partial charge on any atom is 0.526 e. The van der Waals surface area contributed by atoms with Crippen LogP contribution in [0.25, 0.3) is 11.3 Å². The lowest BCUT2D eigenvalue weighted by atomic mass is 9.88. The molecule has 4 rings (SSSR count). The van der Waals surface area contributed by atoms with Crippen LogP contribution in [0.4, 0.5) is 0 Å². The van der Waals surface area contributed by atoms with Crippen LogP contribution >= 0.6 is 0 Å². The highest BCUT2D eigenvalue weighted by Gasteiger charge is 2.12. The van der Waals surface area contributed by atoms with Crippen molar-refractivity contribution >= 4 is 24.7 Å². The number of methoxy groups -OCH3 is 2. The number of hydrogen-bond donors (Lipinski definition) is 2. The maximum atomic E-state index is 11.3. The predicted molar refractivity (Wildman–Crippen MR) is 135 cm³/mol. The van der Waals surface area contributed by atoms with Crippen molar-refractivity contribution < 1.29 is 37.9 Å². The topological polar surface area (TPSA) is 119 Å². The standard InChI is InChI=1S/C13H12O3.C10H12O2.C4H5BO3/c1-15-13(14)9-10-5-2-3-6-11(10)12-7-4-8-16-12;1-8-5-3-4-6-9(8)7-10(11)12-2;6-5(7)4-2-1-3-8-4/h2-8H,9H2,1H3;3-6H,7H2,1-2H3;1-3,6-7H. The Kier molecular flexibility index (Phi) is 11.8. The summed E-state index contributed by atoms with van der Waals surface area (Å²) in [5.74, 6) is 0.322. The van der Waals surface area contributed by atoms with Crippen molar-refractivity contribution in [1.82, 2.24) is 0 Å². The van der Waals surface area contributed by atoms with Crippen molar-refractivity contribution in [2.45, 2.75) is 19.8 Å². The van der Waals surface area contributed by atoms with Crippen LogP contribution in [0.1, 0.15) is 16.7 Å². The van der Waals surface area contributed by atoms with Gasteiger partial charge in [0.05, 0.1) is 39.6 Å². The second-order valence-electron chi connectivity index (χ2n) is 7.46. The molecule has 4 aromatic rings. The SMILES string of the molecule is COC(=O)Cc1ccccc1-c1ccco1.COC(=O)Cc1ccccc1C.OB(O)c1ccco1. The van der Waals surface area contributed by atoms with Crippen LogP contribution < -0.4 is 5.66 Å². The van der Waals surface area contributed by atoms with Gasteiger partial charge in [0.1, 0.15) is 11.4 Å². The third-order valence-corrected chi connectivity index (χ3v) is 4.99. The minimum absolute atomic E-state index is 0.171. The number of carbonyl (C=O) groups excluding carboxylic acids is 2. The average molecular weight is 492 g/mol. The molecule has 8 nitrogen and oxygen atoms in total. The minimum Gasteiger partial charge on any atom is -0.473 e. The highest BCUT2D eigenvalue weighted by atomic mass is 16.5. The molecule has 0 fully saturated rings. The Morgan fingerprint density at radius 1 is 0.750 bits per heavy atom. The summed E-state index contributed by atoms with van der Waals surface area (Å²) >= 11 is 0. The molecule has 188 valence electrons. The number of benzene rings is 2. The predicted octanol–water partition coefficient (Wildman–Crippen LogP) is 3.33. The molecular weight excluding hydrogens is 463 g/mol. The summed E-state index contributed by atoms with van der Waals surface area (Å²) in [5, 5.41) is 16.7. The van der Waals surface area contributed by atoms with Crippen molar-refractivity contribution in [3.05, 3.63) is 102 Å². The number of furan rings is 2. The quantitative estimate of drug-likeness (QED) is 0.311. The van der Waals surface area contributed by atoms with E-state index in [9.17, 15) is 9.59 Å². The lowest BCUT2D eigenvalue weighted by Gasteiger charge is -2.05. The molecule has 2 N–H and O–H groups in total. The van der Waals surface area contributed by atoms with Crippen molar-refractivity contribution in [2.24, 2.45) is 0 Å². The maximum absolute atomic E-state index is 11.3. The molecule has 2 aromatic carbocycles. The summed E-state index contributed by atoms with van der Waals surface area (Å²) in [4.78, 5) is 22.2. The Bertz CT molecular complexity index is 1180. The summed E-state index contributed by atoms with van der Waals surface area (Å²) < 4.78 is 19.1. The van der Waals surface area contributed by atoms with E-state index in [4.69, 9.17) is 14.5 Å². The van der Waals surface area contributed by atoms with E-state index in [1.54, 1.807) is 12.3 Å². The summed E-state index contributed by atoms with van der Waals surface area (Å²) in [5.41, 5.74) is 4.17. The Morgan fingerprint density at radius 2 is 1.31 bits per heavy atom. The summed E-state index contributed by atoms with van der Waals surface area (Å²) in [6.45, 7) is 1.98. The van der Waals surface area contributed by atoms with Crippen LogP contribution in [-0.2, 0) is 31.9 Å². The molecule has 0 aliphatic carbocycles. The molecule has 0 saturated heterocycles. The van der Waals surface area contributed by atoms with E-state index in [1.807, 2.05) is 67.6 Å². The molecule has 0 aliphatic heterocycles. The first-order chi connectivity index (χ1) is 17.3. The second kappa shape index (κ2) is 15.0. The average Bonchev–Trinajstić information content (AvgIpc) is 3.61. The lowest BCUT2D eigenvalue weighted by molar-refractivity contribution is -0.140. The molecule has 0 atom stereocenters. The first kappa shape index (κ1) is 28.2. The zero-order valence-electron chi connectivity index (χ0n) is 20.4. The van der Waals surface area contributed by atoms with Gasteiger partial charge in [0.25, 0.3) is 0 Å². The Hall–Kier alpha value is -4.08. The highest BCUT2D eigenvalue weighted by molar-refractivity contribution is 6.56. The number of rotatable bonds is 6. The number of esters is 2. The van der Waals surface area contributed by atoms with Crippen LogP contribution in [0.3, 0.4) is 0 Å². The van der Waals surface area contributed by atoms with E-state index in [0.29, 0.717) is 6.42 Å².